The predicted molar refractivity (Wildman–Crippen MR) is 107 cm³/mol. The Kier molecular flexibility index (Phi) is 5.87. The van der Waals surface area contributed by atoms with Crippen LogP contribution in [0.25, 0.3) is 11.0 Å². The Bertz CT molecular complexity index is 1060. The van der Waals surface area contributed by atoms with Gasteiger partial charge in [0, 0.05) is 17.4 Å². The van der Waals surface area contributed by atoms with Crippen molar-refractivity contribution in [3.63, 3.8) is 0 Å². The molecule has 0 radical (unpaired) electrons. The van der Waals surface area contributed by atoms with Gasteiger partial charge >= 0.3 is 12.0 Å². The fourth-order valence-electron chi connectivity index (χ4n) is 2.75. The number of nitrogens with one attached hydrogen (secondary N) is 2. The van der Waals surface area contributed by atoms with Crippen molar-refractivity contribution in [2.45, 2.75) is 26.8 Å². The maximum Gasteiger partial charge on any atom is 0.339 e. The summed E-state index contributed by atoms with van der Waals surface area (Å²) in [5, 5.41) is 9.42. The SMILES string of the molecule is Cc1cc(C(=O)OCC(=O)NC(=O)Nc2ccccc2)c2cnn(C(C)C)c2n1. The minimum Gasteiger partial charge on any atom is -0.452 e. The number of benzene rings is 1. The van der Waals surface area contributed by atoms with Gasteiger partial charge in [0.15, 0.2) is 12.3 Å². The number of carbonyl (C=O) groups is 3. The first kappa shape index (κ1) is 20.0. The highest BCUT2D eigenvalue weighted by Crippen LogP contribution is 2.21. The summed E-state index contributed by atoms with van der Waals surface area (Å²) in [6, 6.07) is 9.60. The molecular formula is C20H21N5O4. The number of pyridine rings is 1. The average molecular weight is 395 g/mol. The van der Waals surface area contributed by atoms with Crippen LogP contribution >= 0.6 is 0 Å². The molecule has 0 unspecified atom stereocenters. The smallest absolute Gasteiger partial charge is 0.339 e. The van der Waals surface area contributed by atoms with E-state index in [2.05, 4.69) is 20.7 Å². The number of ether oxygens (including phenoxy) is 1. The molecule has 2 heterocycles. The standard InChI is InChI=1S/C20H21N5O4/c1-12(2)25-18-16(10-21-25)15(9-13(3)22-18)19(27)29-11-17(26)24-20(28)23-14-7-5-4-6-8-14/h4-10,12H,11H2,1-3H3,(H2,23,24,26,28). The van der Waals surface area contributed by atoms with Crippen LogP contribution in [-0.2, 0) is 9.53 Å². The number of imide groups is 1. The first-order chi connectivity index (χ1) is 13.8. The highest BCUT2D eigenvalue weighted by molar-refractivity contribution is 6.05. The minimum absolute atomic E-state index is 0.0691. The molecule has 3 amide bonds. The summed E-state index contributed by atoms with van der Waals surface area (Å²) >= 11 is 0. The molecule has 0 aliphatic rings. The lowest BCUT2D eigenvalue weighted by Crippen LogP contribution is -2.37. The molecule has 0 aliphatic carbocycles. The zero-order valence-electron chi connectivity index (χ0n) is 16.3. The summed E-state index contributed by atoms with van der Waals surface area (Å²) in [4.78, 5) is 40.7. The maximum atomic E-state index is 12.5. The predicted octanol–water partition coefficient (Wildman–Crippen LogP) is 2.83. The van der Waals surface area contributed by atoms with Gasteiger partial charge in [-0.25, -0.2) is 19.3 Å². The Morgan fingerprint density at radius 2 is 1.90 bits per heavy atom. The molecule has 1 aromatic carbocycles. The van der Waals surface area contributed by atoms with Crippen LogP contribution in [0, 0.1) is 6.92 Å². The first-order valence-electron chi connectivity index (χ1n) is 9.03. The molecule has 0 fully saturated rings. The quantitative estimate of drug-likeness (QED) is 0.642. The van der Waals surface area contributed by atoms with Gasteiger partial charge in [-0.05, 0) is 39.0 Å². The molecule has 29 heavy (non-hydrogen) atoms. The molecule has 0 atom stereocenters. The molecule has 9 nitrogen and oxygen atoms in total. The molecule has 9 heteroatoms. The van der Waals surface area contributed by atoms with Gasteiger partial charge in [-0.1, -0.05) is 18.2 Å². The highest BCUT2D eigenvalue weighted by Gasteiger charge is 2.19. The zero-order chi connectivity index (χ0) is 21.0. The second-order valence-corrected chi connectivity index (χ2v) is 6.68. The van der Waals surface area contributed by atoms with Crippen molar-refractivity contribution in [3.8, 4) is 0 Å². The molecule has 3 aromatic rings. The summed E-state index contributed by atoms with van der Waals surface area (Å²) in [6.45, 7) is 5.08. The number of fused-ring (bicyclic) bond motifs is 1. The summed E-state index contributed by atoms with van der Waals surface area (Å²) in [6.07, 6.45) is 1.55. The molecule has 2 aromatic heterocycles. The van der Waals surface area contributed by atoms with Crippen LogP contribution in [0.1, 0.15) is 35.9 Å². The van der Waals surface area contributed by atoms with Gasteiger partial charge in [0.05, 0.1) is 17.1 Å². The van der Waals surface area contributed by atoms with E-state index in [1.165, 1.54) is 0 Å². The molecule has 0 aliphatic heterocycles. The number of para-hydroxylation sites is 1. The molecular weight excluding hydrogens is 374 g/mol. The van der Waals surface area contributed by atoms with Crippen molar-refractivity contribution >= 4 is 34.6 Å². The molecule has 2 N–H and O–H groups in total. The summed E-state index contributed by atoms with van der Waals surface area (Å²) in [5.74, 6) is -1.44. The normalized spacial score (nSPS) is 10.8. The number of nitrogens with zero attached hydrogens (tertiary/aromatic N) is 3. The first-order valence-corrected chi connectivity index (χ1v) is 9.03. The Balaban J connectivity index is 1.63. The molecule has 150 valence electrons. The third kappa shape index (κ3) is 4.75. The summed E-state index contributed by atoms with van der Waals surface area (Å²) in [5.41, 5.74) is 1.99. The fraction of sp³-hybridized carbons (Fsp3) is 0.250. The van der Waals surface area contributed by atoms with Crippen LogP contribution in [0.5, 0.6) is 0 Å². The molecule has 0 saturated carbocycles. The van der Waals surface area contributed by atoms with Crippen molar-refractivity contribution in [1.82, 2.24) is 20.1 Å². The number of carbonyl (C=O) groups excluding carboxylic acids is 3. The number of aromatic nitrogens is 3. The lowest BCUT2D eigenvalue weighted by atomic mass is 10.1. The van der Waals surface area contributed by atoms with Gasteiger partial charge in [-0.3, -0.25) is 10.1 Å². The lowest BCUT2D eigenvalue weighted by Gasteiger charge is -2.09. The second-order valence-electron chi connectivity index (χ2n) is 6.68. The van der Waals surface area contributed by atoms with Crippen molar-refractivity contribution in [2.75, 3.05) is 11.9 Å². The number of hydrogen-bond acceptors (Lipinski definition) is 6. The molecule has 3 rings (SSSR count). The summed E-state index contributed by atoms with van der Waals surface area (Å²) < 4.78 is 6.79. The van der Waals surface area contributed by atoms with E-state index in [0.717, 1.165) is 0 Å². The van der Waals surface area contributed by atoms with Crippen molar-refractivity contribution in [2.24, 2.45) is 0 Å². The van der Waals surface area contributed by atoms with Crippen LogP contribution in [-0.4, -0.2) is 39.3 Å². The van der Waals surface area contributed by atoms with Crippen LogP contribution in [0.2, 0.25) is 0 Å². The highest BCUT2D eigenvalue weighted by atomic mass is 16.5. The van der Waals surface area contributed by atoms with Crippen LogP contribution in [0.15, 0.2) is 42.6 Å². The molecule has 0 saturated heterocycles. The Labute approximate surface area is 167 Å². The lowest BCUT2D eigenvalue weighted by molar-refractivity contribution is -0.123. The second kappa shape index (κ2) is 8.51. The van der Waals surface area contributed by atoms with E-state index in [1.54, 1.807) is 54.2 Å². The van der Waals surface area contributed by atoms with E-state index in [-0.39, 0.29) is 11.6 Å². The van der Waals surface area contributed by atoms with Gasteiger partial charge in [0.1, 0.15) is 0 Å². The topological polar surface area (TPSA) is 115 Å². The van der Waals surface area contributed by atoms with Crippen LogP contribution < -0.4 is 10.6 Å². The van der Waals surface area contributed by atoms with Crippen molar-refractivity contribution < 1.29 is 19.1 Å². The molecule has 0 bridgehead atoms. The van der Waals surface area contributed by atoms with Crippen molar-refractivity contribution in [3.05, 3.63) is 53.9 Å². The average Bonchev–Trinajstić information content (AvgIpc) is 3.10. The Hall–Kier alpha value is -3.75. The monoisotopic (exact) mass is 395 g/mol. The fourth-order valence-corrected chi connectivity index (χ4v) is 2.75. The van der Waals surface area contributed by atoms with Crippen LogP contribution in [0.4, 0.5) is 10.5 Å². The van der Waals surface area contributed by atoms with Gasteiger partial charge in [0.2, 0.25) is 0 Å². The van der Waals surface area contributed by atoms with Gasteiger partial charge in [0.25, 0.3) is 5.91 Å². The van der Waals surface area contributed by atoms with Crippen molar-refractivity contribution in [1.29, 1.82) is 0 Å². The molecule has 0 spiro atoms. The van der Waals surface area contributed by atoms with Gasteiger partial charge in [-0.2, -0.15) is 5.10 Å². The maximum absolute atomic E-state index is 12.5. The van der Waals surface area contributed by atoms with E-state index in [4.69, 9.17) is 4.74 Å². The van der Waals surface area contributed by atoms with Gasteiger partial charge < -0.3 is 10.1 Å². The summed E-state index contributed by atoms with van der Waals surface area (Å²) in [7, 11) is 0. The Morgan fingerprint density at radius 1 is 1.17 bits per heavy atom. The minimum atomic E-state index is -0.744. The number of hydrogen-bond donors (Lipinski definition) is 2. The number of amides is 3. The van der Waals surface area contributed by atoms with E-state index >= 15 is 0 Å². The largest absolute Gasteiger partial charge is 0.452 e. The van der Waals surface area contributed by atoms with E-state index in [0.29, 0.717) is 22.4 Å². The number of aryl methyl sites for hydroxylation is 1. The van der Waals surface area contributed by atoms with E-state index in [9.17, 15) is 14.4 Å². The number of urea groups is 1. The Morgan fingerprint density at radius 3 is 2.59 bits per heavy atom. The number of rotatable bonds is 5. The zero-order valence-corrected chi connectivity index (χ0v) is 16.3. The van der Waals surface area contributed by atoms with Crippen LogP contribution in [0.3, 0.4) is 0 Å². The van der Waals surface area contributed by atoms with E-state index < -0.39 is 24.5 Å². The third-order valence-electron chi connectivity index (χ3n) is 4.02. The number of esters is 1. The van der Waals surface area contributed by atoms with E-state index in [1.807, 2.05) is 13.8 Å². The number of anilines is 1. The third-order valence-corrected chi connectivity index (χ3v) is 4.02. The van der Waals surface area contributed by atoms with Gasteiger partial charge in [-0.15, -0.1) is 0 Å².